The lowest BCUT2D eigenvalue weighted by Gasteiger charge is -2.09. The molecule has 2 heterocycles. The molecule has 0 radical (unpaired) electrons. The Kier molecular flexibility index (Phi) is 4.09. The standard InChI is InChI=1S/C20H19N3OS/c1-13-5-4-6-15(9-13)12-25-20-22-21-19-10-14(2)17-8-7-16(24-3)11-18(17)23(19)20/h4-11H,12H2,1-3H3. The topological polar surface area (TPSA) is 39.4 Å². The smallest absolute Gasteiger partial charge is 0.196 e. The van der Waals surface area contributed by atoms with Crippen molar-refractivity contribution in [1.29, 1.82) is 0 Å². The normalized spacial score (nSPS) is 11.3. The van der Waals surface area contributed by atoms with Crippen molar-refractivity contribution in [2.45, 2.75) is 24.8 Å². The summed E-state index contributed by atoms with van der Waals surface area (Å²) in [5.74, 6) is 1.70. The van der Waals surface area contributed by atoms with Crippen LogP contribution in [0.25, 0.3) is 16.6 Å². The van der Waals surface area contributed by atoms with E-state index in [1.807, 2.05) is 6.07 Å². The second-order valence-electron chi connectivity index (χ2n) is 6.16. The van der Waals surface area contributed by atoms with Crippen molar-refractivity contribution in [3.8, 4) is 5.75 Å². The number of pyridine rings is 1. The molecule has 2 aromatic carbocycles. The van der Waals surface area contributed by atoms with E-state index in [-0.39, 0.29) is 0 Å². The third-order valence-electron chi connectivity index (χ3n) is 4.33. The Balaban J connectivity index is 1.80. The van der Waals surface area contributed by atoms with Crippen LogP contribution in [0.5, 0.6) is 5.75 Å². The number of hydrogen-bond acceptors (Lipinski definition) is 4. The van der Waals surface area contributed by atoms with E-state index in [4.69, 9.17) is 4.74 Å². The van der Waals surface area contributed by atoms with Gasteiger partial charge in [-0.1, -0.05) is 41.6 Å². The van der Waals surface area contributed by atoms with E-state index in [2.05, 4.69) is 70.9 Å². The van der Waals surface area contributed by atoms with Crippen molar-refractivity contribution >= 4 is 28.3 Å². The first-order chi connectivity index (χ1) is 12.2. The molecule has 0 N–H and O–H groups in total. The molecule has 4 rings (SSSR count). The zero-order valence-corrected chi connectivity index (χ0v) is 15.3. The predicted octanol–water partition coefficient (Wildman–Crippen LogP) is 4.80. The maximum absolute atomic E-state index is 5.41. The first-order valence-corrected chi connectivity index (χ1v) is 9.15. The van der Waals surface area contributed by atoms with Gasteiger partial charge < -0.3 is 4.74 Å². The third kappa shape index (κ3) is 2.96. The van der Waals surface area contributed by atoms with Gasteiger partial charge in [-0.05, 0) is 43.2 Å². The molecule has 0 saturated heterocycles. The number of benzene rings is 2. The molecule has 0 spiro atoms. The van der Waals surface area contributed by atoms with Crippen molar-refractivity contribution in [2.75, 3.05) is 7.11 Å². The Morgan fingerprint density at radius 3 is 2.72 bits per heavy atom. The van der Waals surface area contributed by atoms with Crippen molar-refractivity contribution in [1.82, 2.24) is 14.6 Å². The minimum atomic E-state index is 0.836. The molecule has 5 heteroatoms. The van der Waals surface area contributed by atoms with E-state index in [9.17, 15) is 0 Å². The van der Waals surface area contributed by atoms with Gasteiger partial charge in [0, 0.05) is 17.2 Å². The number of methoxy groups -OCH3 is 1. The molecule has 0 aliphatic heterocycles. The second kappa shape index (κ2) is 6.41. The number of thioether (sulfide) groups is 1. The molecule has 0 atom stereocenters. The summed E-state index contributed by atoms with van der Waals surface area (Å²) < 4.78 is 7.53. The molecule has 4 nitrogen and oxygen atoms in total. The molecule has 0 aliphatic rings. The van der Waals surface area contributed by atoms with Gasteiger partial charge in [-0.25, -0.2) is 0 Å². The van der Waals surface area contributed by atoms with Gasteiger partial charge in [-0.3, -0.25) is 4.40 Å². The molecular formula is C20H19N3OS. The number of fused-ring (bicyclic) bond motifs is 3. The third-order valence-corrected chi connectivity index (χ3v) is 5.33. The highest BCUT2D eigenvalue weighted by Gasteiger charge is 2.12. The lowest BCUT2D eigenvalue weighted by molar-refractivity contribution is 0.415. The minimum Gasteiger partial charge on any atom is -0.497 e. The van der Waals surface area contributed by atoms with Crippen molar-refractivity contribution in [2.24, 2.45) is 0 Å². The fourth-order valence-electron chi connectivity index (χ4n) is 3.07. The van der Waals surface area contributed by atoms with E-state index in [0.29, 0.717) is 0 Å². The highest BCUT2D eigenvalue weighted by Crippen LogP contribution is 2.29. The van der Waals surface area contributed by atoms with Gasteiger partial charge in [-0.2, -0.15) is 0 Å². The molecular weight excluding hydrogens is 330 g/mol. The Bertz CT molecular complexity index is 1070. The van der Waals surface area contributed by atoms with E-state index in [0.717, 1.165) is 27.8 Å². The average Bonchev–Trinajstić information content (AvgIpc) is 3.02. The van der Waals surface area contributed by atoms with Crippen LogP contribution in [-0.4, -0.2) is 21.7 Å². The molecule has 2 aromatic heterocycles. The number of hydrogen-bond donors (Lipinski definition) is 0. The molecule has 126 valence electrons. The summed E-state index contributed by atoms with van der Waals surface area (Å²) in [6, 6.07) is 16.8. The lowest BCUT2D eigenvalue weighted by Crippen LogP contribution is -1.95. The van der Waals surface area contributed by atoms with Crippen LogP contribution in [0.4, 0.5) is 0 Å². The molecule has 0 saturated carbocycles. The largest absolute Gasteiger partial charge is 0.497 e. The van der Waals surface area contributed by atoms with Crippen LogP contribution in [0.3, 0.4) is 0 Å². The van der Waals surface area contributed by atoms with Crippen molar-refractivity contribution in [3.05, 3.63) is 65.2 Å². The minimum absolute atomic E-state index is 0.836. The molecule has 0 aliphatic carbocycles. The summed E-state index contributed by atoms with van der Waals surface area (Å²) >= 11 is 1.70. The van der Waals surface area contributed by atoms with Crippen LogP contribution < -0.4 is 4.74 Å². The summed E-state index contributed by atoms with van der Waals surface area (Å²) in [5, 5.41) is 10.9. The quantitative estimate of drug-likeness (QED) is 0.496. The zero-order valence-electron chi connectivity index (χ0n) is 14.5. The summed E-state index contributed by atoms with van der Waals surface area (Å²) in [6.45, 7) is 4.21. The number of ether oxygens (including phenoxy) is 1. The summed E-state index contributed by atoms with van der Waals surface area (Å²) in [6.07, 6.45) is 0. The molecule has 25 heavy (non-hydrogen) atoms. The summed E-state index contributed by atoms with van der Waals surface area (Å²) in [4.78, 5) is 0. The highest BCUT2D eigenvalue weighted by molar-refractivity contribution is 7.98. The van der Waals surface area contributed by atoms with Gasteiger partial charge in [0.05, 0.1) is 12.6 Å². The summed E-state index contributed by atoms with van der Waals surface area (Å²) in [5.41, 5.74) is 5.69. The number of rotatable bonds is 4. The Labute approximate surface area is 150 Å². The predicted molar refractivity (Wildman–Crippen MR) is 103 cm³/mol. The average molecular weight is 349 g/mol. The van der Waals surface area contributed by atoms with Gasteiger partial charge in [-0.15, -0.1) is 10.2 Å². The van der Waals surface area contributed by atoms with Crippen LogP contribution in [0.2, 0.25) is 0 Å². The molecule has 0 amide bonds. The molecule has 0 unspecified atom stereocenters. The second-order valence-corrected chi connectivity index (χ2v) is 7.11. The lowest BCUT2D eigenvalue weighted by atomic mass is 10.1. The fraction of sp³-hybridized carbons (Fsp3) is 0.200. The first-order valence-electron chi connectivity index (χ1n) is 8.16. The highest BCUT2D eigenvalue weighted by atomic mass is 32.2. The van der Waals surface area contributed by atoms with Crippen molar-refractivity contribution in [3.63, 3.8) is 0 Å². The van der Waals surface area contributed by atoms with E-state index in [1.165, 1.54) is 22.1 Å². The molecule has 0 bridgehead atoms. The van der Waals surface area contributed by atoms with Crippen molar-refractivity contribution < 1.29 is 4.74 Å². The van der Waals surface area contributed by atoms with Crippen LogP contribution in [-0.2, 0) is 5.75 Å². The van der Waals surface area contributed by atoms with Crippen LogP contribution >= 0.6 is 11.8 Å². The fourth-order valence-corrected chi connectivity index (χ4v) is 3.97. The van der Waals surface area contributed by atoms with E-state index < -0.39 is 0 Å². The number of nitrogens with zero attached hydrogens (tertiary/aromatic N) is 3. The van der Waals surface area contributed by atoms with Gasteiger partial charge in [0.2, 0.25) is 0 Å². The first kappa shape index (κ1) is 16.0. The van der Waals surface area contributed by atoms with Gasteiger partial charge in [0.15, 0.2) is 10.8 Å². The van der Waals surface area contributed by atoms with E-state index >= 15 is 0 Å². The molecule has 0 fully saturated rings. The maximum atomic E-state index is 5.41. The Morgan fingerprint density at radius 2 is 1.92 bits per heavy atom. The van der Waals surface area contributed by atoms with E-state index in [1.54, 1.807) is 18.9 Å². The zero-order chi connectivity index (χ0) is 17.4. The summed E-state index contributed by atoms with van der Waals surface area (Å²) in [7, 11) is 1.69. The maximum Gasteiger partial charge on any atom is 0.196 e. The van der Waals surface area contributed by atoms with Gasteiger partial charge in [0.25, 0.3) is 0 Å². The monoisotopic (exact) mass is 349 g/mol. The number of aryl methyl sites for hydroxylation is 2. The van der Waals surface area contributed by atoms with Gasteiger partial charge >= 0.3 is 0 Å². The Hall–Kier alpha value is -2.53. The SMILES string of the molecule is COc1ccc2c(C)cc3nnc(SCc4cccc(C)c4)n3c2c1. The van der Waals surface area contributed by atoms with Gasteiger partial charge in [0.1, 0.15) is 5.75 Å². The van der Waals surface area contributed by atoms with Crippen LogP contribution in [0, 0.1) is 13.8 Å². The Morgan fingerprint density at radius 1 is 1.04 bits per heavy atom. The molecule has 4 aromatic rings. The van der Waals surface area contributed by atoms with Crippen LogP contribution in [0.1, 0.15) is 16.7 Å². The number of aromatic nitrogens is 3. The van der Waals surface area contributed by atoms with Crippen LogP contribution in [0.15, 0.2) is 53.7 Å².